The smallest absolute Gasteiger partial charge is 0.229 e. The van der Waals surface area contributed by atoms with Crippen molar-refractivity contribution >= 4 is 40.5 Å². The van der Waals surface area contributed by atoms with Crippen molar-refractivity contribution in [1.82, 2.24) is 9.97 Å². The van der Waals surface area contributed by atoms with Crippen LogP contribution in [0.1, 0.15) is 34.5 Å². The van der Waals surface area contributed by atoms with Gasteiger partial charge in [0.15, 0.2) is 5.78 Å². The fourth-order valence-corrected chi connectivity index (χ4v) is 3.32. The topological polar surface area (TPSA) is 66.9 Å². The zero-order chi connectivity index (χ0) is 19.7. The summed E-state index contributed by atoms with van der Waals surface area (Å²) in [6, 6.07) is 11.5. The van der Waals surface area contributed by atoms with Gasteiger partial charge in [0.2, 0.25) is 5.95 Å². The van der Waals surface area contributed by atoms with Gasteiger partial charge < -0.3 is 10.6 Å². The Morgan fingerprint density at radius 1 is 1.00 bits per heavy atom. The number of carbonyl (C=O) groups excluding carboxylic acids is 1. The first-order valence-electron chi connectivity index (χ1n) is 8.99. The number of aromatic nitrogens is 2. The van der Waals surface area contributed by atoms with E-state index in [0.29, 0.717) is 46.6 Å². The number of hydrogen-bond donors (Lipinski definition) is 2. The number of nitrogens with one attached hydrogen (secondary N) is 2. The molecule has 3 aromatic rings. The van der Waals surface area contributed by atoms with Gasteiger partial charge in [-0.3, -0.25) is 4.79 Å². The average molecular weight is 397 g/mol. The van der Waals surface area contributed by atoms with Crippen LogP contribution in [-0.4, -0.2) is 15.8 Å². The van der Waals surface area contributed by atoms with Crippen LogP contribution in [0.25, 0.3) is 0 Å². The van der Waals surface area contributed by atoms with E-state index < -0.39 is 0 Å². The molecule has 0 saturated heterocycles. The van der Waals surface area contributed by atoms with Gasteiger partial charge in [0.25, 0.3) is 0 Å². The Kier molecular flexibility index (Phi) is 4.96. The molecule has 0 aliphatic heterocycles. The van der Waals surface area contributed by atoms with Crippen LogP contribution >= 0.6 is 11.6 Å². The monoisotopic (exact) mass is 396 g/mol. The van der Waals surface area contributed by atoms with Gasteiger partial charge in [-0.1, -0.05) is 17.7 Å². The summed E-state index contributed by atoms with van der Waals surface area (Å²) in [4.78, 5) is 21.5. The largest absolute Gasteiger partial charge is 0.339 e. The number of carbonyl (C=O) groups is 1. The molecule has 1 aliphatic carbocycles. The molecule has 5 nitrogen and oxygen atoms in total. The maximum absolute atomic E-state index is 13.1. The van der Waals surface area contributed by atoms with Crippen molar-refractivity contribution in [2.24, 2.45) is 0 Å². The maximum atomic E-state index is 13.1. The van der Waals surface area contributed by atoms with E-state index in [1.54, 1.807) is 18.2 Å². The zero-order valence-corrected chi connectivity index (χ0v) is 16.0. The molecule has 1 heterocycles. The van der Waals surface area contributed by atoms with Gasteiger partial charge >= 0.3 is 0 Å². The summed E-state index contributed by atoms with van der Waals surface area (Å²) in [6.45, 7) is 1.92. The van der Waals surface area contributed by atoms with E-state index in [4.69, 9.17) is 11.6 Å². The Hall–Kier alpha value is -2.99. The highest BCUT2D eigenvalue weighted by atomic mass is 35.5. The van der Waals surface area contributed by atoms with E-state index in [-0.39, 0.29) is 11.6 Å². The minimum Gasteiger partial charge on any atom is -0.339 e. The predicted molar refractivity (Wildman–Crippen MR) is 108 cm³/mol. The first-order chi connectivity index (χ1) is 13.5. The fraction of sp³-hybridized carbons (Fsp3) is 0.190. The van der Waals surface area contributed by atoms with Crippen molar-refractivity contribution in [3.05, 3.63) is 70.1 Å². The van der Waals surface area contributed by atoms with E-state index in [9.17, 15) is 9.18 Å². The molecule has 0 amide bonds. The molecule has 0 radical (unpaired) electrons. The number of nitrogens with zero attached hydrogens (tertiary/aromatic N) is 2. The van der Waals surface area contributed by atoms with Crippen LogP contribution in [0.4, 0.5) is 27.5 Å². The van der Waals surface area contributed by atoms with Crippen LogP contribution in [0.5, 0.6) is 0 Å². The Balaban J connectivity index is 1.73. The summed E-state index contributed by atoms with van der Waals surface area (Å²) in [6.07, 6.45) is 1.93. The summed E-state index contributed by atoms with van der Waals surface area (Å²) in [5.41, 5.74) is 3.59. The highest BCUT2D eigenvalue weighted by molar-refractivity contribution is 6.31. The van der Waals surface area contributed by atoms with Gasteiger partial charge in [-0.2, -0.15) is 4.98 Å². The molecular formula is C21H18ClFN4O. The molecule has 0 atom stereocenters. The summed E-state index contributed by atoms with van der Waals surface area (Å²) in [7, 11) is 0. The standard InChI is InChI=1S/C21H18ClFN4O/c1-12-5-8-15(11-16(12)22)24-20-19-17(3-2-4-18(19)28)26-21(27-20)25-14-9-6-13(23)7-10-14/h5-11H,2-4H2,1H3,(H2,24,25,26,27). The normalized spacial score (nSPS) is 13.2. The molecule has 0 bridgehead atoms. The van der Waals surface area contributed by atoms with Gasteiger partial charge in [0.05, 0.1) is 11.3 Å². The van der Waals surface area contributed by atoms with Crippen molar-refractivity contribution in [2.45, 2.75) is 26.2 Å². The highest BCUT2D eigenvalue weighted by Crippen LogP contribution is 2.31. The second-order valence-corrected chi connectivity index (χ2v) is 7.12. The second-order valence-electron chi connectivity index (χ2n) is 6.72. The lowest BCUT2D eigenvalue weighted by Gasteiger charge is -2.19. The van der Waals surface area contributed by atoms with E-state index >= 15 is 0 Å². The van der Waals surface area contributed by atoms with E-state index in [1.807, 2.05) is 19.1 Å². The summed E-state index contributed by atoms with van der Waals surface area (Å²) >= 11 is 6.22. The van der Waals surface area contributed by atoms with Crippen molar-refractivity contribution in [3.63, 3.8) is 0 Å². The lowest BCUT2D eigenvalue weighted by atomic mass is 9.95. The Labute approximate surface area is 167 Å². The molecule has 4 rings (SSSR count). The summed E-state index contributed by atoms with van der Waals surface area (Å²) < 4.78 is 13.1. The number of rotatable bonds is 4. The van der Waals surface area contributed by atoms with Gasteiger partial charge in [-0.25, -0.2) is 9.37 Å². The third kappa shape index (κ3) is 3.82. The number of aryl methyl sites for hydroxylation is 2. The third-order valence-corrected chi connectivity index (χ3v) is 5.02. The first kappa shape index (κ1) is 18.4. The number of fused-ring (bicyclic) bond motifs is 1. The quantitative estimate of drug-likeness (QED) is 0.602. The van der Waals surface area contributed by atoms with Crippen LogP contribution in [0.2, 0.25) is 5.02 Å². The molecule has 1 aromatic heterocycles. The first-order valence-corrected chi connectivity index (χ1v) is 9.37. The van der Waals surface area contributed by atoms with E-state index in [2.05, 4.69) is 20.6 Å². The second kappa shape index (κ2) is 7.56. The maximum Gasteiger partial charge on any atom is 0.229 e. The van der Waals surface area contributed by atoms with Crippen LogP contribution < -0.4 is 10.6 Å². The third-order valence-electron chi connectivity index (χ3n) is 4.62. The lowest BCUT2D eigenvalue weighted by molar-refractivity contribution is 0.0972. The molecule has 0 fully saturated rings. The predicted octanol–water partition coefficient (Wildman–Crippen LogP) is 5.58. The highest BCUT2D eigenvalue weighted by Gasteiger charge is 2.25. The van der Waals surface area contributed by atoms with Crippen LogP contribution in [-0.2, 0) is 6.42 Å². The number of hydrogen-bond acceptors (Lipinski definition) is 5. The van der Waals surface area contributed by atoms with Crippen molar-refractivity contribution in [1.29, 1.82) is 0 Å². The van der Waals surface area contributed by atoms with Gasteiger partial charge in [-0.15, -0.1) is 0 Å². The molecule has 0 spiro atoms. The molecule has 7 heteroatoms. The van der Waals surface area contributed by atoms with E-state index in [0.717, 1.165) is 17.7 Å². The van der Waals surface area contributed by atoms with Gasteiger partial charge in [0, 0.05) is 22.8 Å². The minimum atomic E-state index is -0.318. The van der Waals surface area contributed by atoms with E-state index in [1.165, 1.54) is 12.1 Å². The summed E-state index contributed by atoms with van der Waals surface area (Å²) in [5.74, 6) is 0.497. The Bertz CT molecular complexity index is 1050. The lowest BCUT2D eigenvalue weighted by Crippen LogP contribution is -2.17. The SMILES string of the molecule is Cc1ccc(Nc2nc(Nc3ccc(F)cc3)nc3c2C(=O)CCC3)cc1Cl. The van der Waals surface area contributed by atoms with Crippen LogP contribution in [0.15, 0.2) is 42.5 Å². The molecule has 2 N–H and O–H groups in total. The Morgan fingerprint density at radius 3 is 2.50 bits per heavy atom. The molecule has 2 aromatic carbocycles. The van der Waals surface area contributed by atoms with Gasteiger partial charge in [-0.05, 0) is 61.7 Å². The van der Waals surface area contributed by atoms with Crippen molar-refractivity contribution in [2.75, 3.05) is 10.6 Å². The van der Waals surface area contributed by atoms with Crippen LogP contribution in [0, 0.1) is 12.7 Å². The number of Topliss-reactive ketones (excluding diaryl/α,β-unsaturated/α-hetero) is 1. The van der Waals surface area contributed by atoms with Gasteiger partial charge in [0.1, 0.15) is 11.6 Å². The fourth-order valence-electron chi connectivity index (χ4n) is 3.14. The number of ketones is 1. The molecule has 0 saturated carbocycles. The zero-order valence-electron chi connectivity index (χ0n) is 15.2. The minimum absolute atomic E-state index is 0.0234. The number of halogens is 2. The molecule has 142 valence electrons. The van der Waals surface area contributed by atoms with Crippen molar-refractivity contribution < 1.29 is 9.18 Å². The van der Waals surface area contributed by atoms with Crippen molar-refractivity contribution in [3.8, 4) is 0 Å². The molecule has 28 heavy (non-hydrogen) atoms. The van der Waals surface area contributed by atoms with Crippen LogP contribution in [0.3, 0.4) is 0 Å². The molecule has 1 aliphatic rings. The number of benzene rings is 2. The Morgan fingerprint density at radius 2 is 1.75 bits per heavy atom. The average Bonchev–Trinajstić information content (AvgIpc) is 2.66. The molecular weight excluding hydrogens is 379 g/mol. The summed E-state index contributed by atoms with van der Waals surface area (Å²) in [5, 5.41) is 6.91. The molecule has 0 unspecified atom stereocenters. The number of anilines is 4.